The van der Waals surface area contributed by atoms with Crippen molar-refractivity contribution in [2.24, 2.45) is 17.1 Å². The average Bonchev–Trinajstić information content (AvgIpc) is 3.14. The van der Waals surface area contributed by atoms with Gasteiger partial charge in [-0.3, -0.25) is 9.59 Å². The third-order valence-electron chi connectivity index (χ3n) is 4.46. The third-order valence-corrected chi connectivity index (χ3v) is 4.46. The summed E-state index contributed by atoms with van der Waals surface area (Å²) in [5.74, 6) is -2.20. The highest BCUT2D eigenvalue weighted by atomic mass is 19.1. The maximum atomic E-state index is 13.7. The zero-order valence-corrected chi connectivity index (χ0v) is 11.6. The lowest BCUT2D eigenvalue weighted by Crippen LogP contribution is -2.62. The molecule has 4 nitrogen and oxygen atoms in total. The van der Waals surface area contributed by atoms with Gasteiger partial charge in [-0.05, 0) is 30.9 Å². The van der Waals surface area contributed by atoms with Gasteiger partial charge in [0.1, 0.15) is 11.6 Å². The summed E-state index contributed by atoms with van der Waals surface area (Å²) in [6.07, 6.45) is 0.561. The Balaban J connectivity index is 1.64. The van der Waals surface area contributed by atoms with E-state index in [-0.39, 0.29) is 17.7 Å². The van der Waals surface area contributed by atoms with Gasteiger partial charge < -0.3 is 10.6 Å². The quantitative estimate of drug-likeness (QED) is 0.916. The molecule has 1 aliphatic heterocycles. The van der Waals surface area contributed by atoms with Crippen molar-refractivity contribution in [3.8, 4) is 0 Å². The van der Waals surface area contributed by atoms with E-state index >= 15 is 0 Å². The van der Waals surface area contributed by atoms with Crippen molar-refractivity contribution in [1.82, 2.24) is 4.90 Å². The van der Waals surface area contributed by atoms with E-state index in [2.05, 4.69) is 0 Å². The minimum Gasteiger partial charge on any atom is -0.369 e. The molecule has 1 aromatic carbocycles. The number of carbonyl (C=O) groups is 2. The van der Waals surface area contributed by atoms with Gasteiger partial charge in [-0.25, -0.2) is 8.78 Å². The zero-order valence-electron chi connectivity index (χ0n) is 11.6. The largest absolute Gasteiger partial charge is 0.369 e. The van der Waals surface area contributed by atoms with E-state index in [0.717, 1.165) is 6.07 Å². The Labute approximate surface area is 120 Å². The molecule has 112 valence electrons. The molecule has 21 heavy (non-hydrogen) atoms. The van der Waals surface area contributed by atoms with Gasteiger partial charge in [0.05, 0.1) is 5.41 Å². The lowest BCUT2D eigenvalue weighted by atomic mass is 9.81. The number of rotatable bonds is 3. The van der Waals surface area contributed by atoms with Crippen LogP contribution in [-0.2, 0) is 9.59 Å². The molecule has 0 radical (unpaired) electrons. The number of likely N-dealkylation sites (tertiary alicyclic amines) is 1. The first kappa shape index (κ1) is 14.0. The maximum absolute atomic E-state index is 13.7. The third kappa shape index (κ3) is 2.28. The number of carbonyl (C=O) groups excluding carboxylic acids is 2. The van der Waals surface area contributed by atoms with Gasteiger partial charge >= 0.3 is 0 Å². The van der Waals surface area contributed by atoms with Crippen molar-refractivity contribution in [3.63, 3.8) is 0 Å². The Morgan fingerprint density at radius 3 is 2.57 bits per heavy atom. The molecule has 1 saturated carbocycles. The van der Waals surface area contributed by atoms with Gasteiger partial charge in [-0.2, -0.15) is 0 Å². The Morgan fingerprint density at radius 1 is 1.33 bits per heavy atom. The van der Waals surface area contributed by atoms with Crippen molar-refractivity contribution in [3.05, 3.63) is 35.4 Å². The second-order valence-corrected chi connectivity index (χ2v) is 6.23. The molecule has 0 unspecified atom stereocenters. The van der Waals surface area contributed by atoms with Crippen LogP contribution < -0.4 is 5.73 Å². The van der Waals surface area contributed by atoms with Crippen LogP contribution in [0.1, 0.15) is 24.8 Å². The summed E-state index contributed by atoms with van der Waals surface area (Å²) in [5, 5.41) is 0. The van der Waals surface area contributed by atoms with Crippen LogP contribution in [0.2, 0.25) is 0 Å². The van der Waals surface area contributed by atoms with Crippen molar-refractivity contribution in [1.29, 1.82) is 0 Å². The molecule has 2 N–H and O–H groups in total. The Hall–Kier alpha value is -1.98. The summed E-state index contributed by atoms with van der Waals surface area (Å²) in [7, 11) is 0. The number of nitrogens with two attached hydrogens (primary N) is 1. The Bertz CT molecular complexity index is 626. The predicted octanol–water partition coefficient (Wildman–Crippen LogP) is 1.40. The van der Waals surface area contributed by atoms with E-state index in [4.69, 9.17) is 5.73 Å². The number of hydrogen-bond donors (Lipinski definition) is 1. The lowest BCUT2D eigenvalue weighted by molar-refractivity contribution is -0.151. The van der Waals surface area contributed by atoms with E-state index in [1.165, 1.54) is 12.1 Å². The Kier molecular flexibility index (Phi) is 3.00. The van der Waals surface area contributed by atoms with Crippen molar-refractivity contribution in [2.75, 3.05) is 13.1 Å². The van der Waals surface area contributed by atoms with E-state index < -0.39 is 23.0 Å². The molecule has 2 atom stereocenters. The highest BCUT2D eigenvalue weighted by Crippen LogP contribution is 2.50. The van der Waals surface area contributed by atoms with Gasteiger partial charge in [0, 0.05) is 25.1 Å². The van der Waals surface area contributed by atoms with Crippen LogP contribution in [0.15, 0.2) is 18.2 Å². The second-order valence-electron chi connectivity index (χ2n) is 6.23. The zero-order chi connectivity index (χ0) is 15.4. The number of amides is 2. The fourth-order valence-corrected chi connectivity index (χ4v) is 2.96. The molecule has 3 rings (SSSR count). The standard InChI is InChI=1S/C15H16F2N2O2/c1-15(14(18)21)6-19(7-15)13(20)11-5-10(11)9-3-2-8(16)4-12(9)17/h2-4,10-11H,5-7H2,1H3,(H2,18,21)/t10-,11+/m0/s1. The smallest absolute Gasteiger partial charge is 0.226 e. The number of hydrogen-bond acceptors (Lipinski definition) is 2. The molecule has 1 aromatic rings. The number of halogens is 2. The van der Waals surface area contributed by atoms with Crippen LogP contribution in [0.3, 0.4) is 0 Å². The minimum absolute atomic E-state index is 0.0811. The van der Waals surface area contributed by atoms with Gasteiger partial charge in [0.15, 0.2) is 0 Å². The van der Waals surface area contributed by atoms with Gasteiger partial charge in [-0.1, -0.05) is 6.07 Å². The highest BCUT2D eigenvalue weighted by Gasteiger charge is 2.53. The normalized spacial score (nSPS) is 26.1. The molecule has 2 fully saturated rings. The topological polar surface area (TPSA) is 63.4 Å². The molecule has 2 aliphatic rings. The molecule has 6 heteroatoms. The van der Waals surface area contributed by atoms with Gasteiger partial charge in [-0.15, -0.1) is 0 Å². The summed E-state index contributed by atoms with van der Waals surface area (Å²) < 4.78 is 26.6. The van der Waals surface area contributed by atoms with Crippen LogP contribution in [0, 0.1) is 23.0 Å². The lowest BCUT2D eigenvalue weighted by Gasteiger charge is -2.45. The molecule has 1 heterocycles. The van der Waals surface area contributed by atoms with Crippen LogP contribution in [0.25, 0.3) is 0 Å². The van der Waals surface area contributed by atoms with Crippen molar-refractivity contribution < 1.29 is 18.4 Å². The summed E-state index contributed by atoms with van der Waals surface area (Å²) in [6, 6.07) is 3.43. The number of benzene rings is 1. The van der Waals surface area contributed by atoms with Gasteiger partial charge in [0.25, 0.3) is 0 Å². The van der Waals surface area contributed by atoms with Crippen LogP contribution >= 0.6 is 0 Å². The highest BCUT2D eigenvalue weighted by molar-refractivity contribution is 5.88. The van der Waals surface area contributed by atoms with Crippen molar-refractivity contribution >= 4 is 11.8 Å². The SMILES string of the molecule is CC1(C(N)=O)CN(C(=O)[C@@H]2C[C@H]2c2ccc(F)cc2F)C1. The molecular weight excluding hydrogens is 278 g/mol. The molecule has 0 bridgehead atoms. The molecule has 2 amide bonds. The van der Waals surface area contributed by atoms with E-state index in [9.17, 15) is 18.4 Å². The summed E-state index contributed by atoms with van der Waals surface area (Å²) in [5.41, 5.74) is 5.01. The molecular formula is C15H16F2N2O2. The maximum Gasteiger partial charge on any atom is 0.226 e. The number of primary amides is 1. The molecule has 1 aliphatic carbocycles. The summed E-state index contributed by atoms with van der Waals surface area (Å²) >= 11 is 0. The fraction of sp³-hybridized carbons (Fsp3) is 0.467. The summed E-state index contributed by atoms with van der Waals surface area (Å²) in [6.45, 7) is 2.36. The van der Waals surface area contributed by atoms with E-state index in [1.807, 2.05) is 0 Å². The Morgan fingerprint density at radius 2 is 2.00 bits per heavy atom. The summed E-state index contributed by atoms with van der Waals surface area (Å²) in [4.78, 5) is 25.0. The number of nitrogens with zero attached hydrogens (tertiary/aromatic N) is 1. The first-order valence-electron chi connectivity index (χ1n) is 6.85. The predicted molar refractivity (Wildman–Crippen MR) is 71.1 cm³/mol. The molecule has 1 saturated heterocycles. The minimum atomic E-state index is -0.652. The van der Waals surface area contributed by atoms with Crippen LogP contribution in [-0.4, -0.2) is 29.8 Å². The molecule has 0 spiro atoms. The molecule has 0 aromatic heterocycles. The van der Waals surface area contributed by atoms with Crippen LogP contribution in [0.5, 0.6) is 0 Å². The van der Waals surface area contributed by atoms with Crippen LogP contribution in [0.4, 0.5) is 8.78 Å². The first-order chi connectivity index (χ1) is 9.82. The fourth-order valence-electron chi connectivity index (χ4n) is 2.96. The van der Waals surface area contributed by atoms with Crippen molar-refractivity contribution in [2.45, 2.75) is 19.3 Å². The first-order valence-corrected chi connectivity index (χ1v) is 6.85. The van der Waals surface area contributed by atoms with E-state index in [1.54, 1.807) is 11.8 Å². The van der Waals surface area contributed by atoms with E-state index in [0.29, 0.717) is 25.1 Å². The monoisotopic (exact) mass is 294 g/mol. The average molecular weight is 294 g/mol. The second kappa shape index (κ2) is 4.51. The van der Waals surface area contributed by atoms with Gasteiger partial charge in [0.2, 0.25) is 11.8 Å².